The minimum absolute atomic E-state index is 0.325. The zero-order chi connectivity index (χ0) is 13.2. The Morgan fingerprint density at radius 1 is 1.11 bits per heavy atom. The number of hydrogen-bond donors (Lipinski definition) is 0. The molecule has 4 heteroatoms. The highest BCUT2D eigenvalue weighted by atomic mass is 32.2. The minimum atomic E-state index is -3.43. The van der Waals surface area contributed by atoms with Crippen molar-refractivity contribution >= 4 is 10.0 Å². The van der Waals surface area contributed by atoms with Crippen molar-refractivity contribution in [1.29, 1.82) is 0 Å². The first kappa shape index (κ1) is 12.9. The van der Waals surface area contributed by atoms with E-state index in [1.54, 1.807) is 24.3 Å². The van der Waals surface area contributed by atoms with E-state index in [4.69, 9.17) is 0 Å². The lowest BCUT2D eigenvalue weighted by atomic mass is 9.99. The molecule has 0 bridgehead atoms. The standard InChI is InChI=1S/C14H17NO2S/c1-3-12(2)13-6-8-14(9-7-13)18(16,17)15-10-4-5-11-15/h4-12H,3H2,1-2H3. The molecule has 0 fully saturated rings. The van der Waals surface area contributed by atoms with Crippen LogP contribution in [0.1, 0.15) is 31.7 Å². The van der Waals surface area contributed by atoms with E-state index >= 15 is 0 Å². The van der Waals surface area contributed by atoms with E-state index in [0.29, 0.717) is 10.8 Å². The minimum Gasteiger partial charge on any atom is -0.249 e. The summed E-state index contributed by atoms with van der Waals surface area (Å²) >= 11 is 0. The zero-order valence-corrected chi connectivity index (χ0v) is 11.4. The van der Waals surface area contributed by atoms with Crippen molar-refractivity contribution < 1.29 is 8.42 Å². The molecule has 18 heavy (non-hydrogen) atoms. The van der Waals surface area contributed by atoms with Crippen LogP contribution >= 0.6 is 0 Å². The van der Waals surface area contributed by atoms with Crippen molar-refractivity contribution in [3.63, 3.8) is 0 Å². The summed E-state index contributed by atoms with van der Waals surface area (Å²) in [5.74, 6) is 0.452. The van der Waals surface area contributed by atoms with E-state index in [2.05, 4.69) is 13.8 Å². The Balaban J connectivity index is 2.36. The molecule has 1 heterocycles. The van der Waals surface area contributed by atoms with E-state index in [1.165, 1.54) is 21.9 Å². The third-order valence-corrected chi connectivity index (χ3v) is 4.88. The number of benzene rings is 1. The topological polar surface area (TPSA) is 39.1 Å². The normalized spacial score (nSPS) is 13.4. The van der Waals surface area contributed by atoms with E-state index in [9.17, 15) is 8.42 Å². The zero-order valence-electron chi connectivity index (χ0n) is 10.6. The summed E-state index contributed by atoms with van der Waals surface area (Å²) in [6.45, 7) is 4.25. The van der Waals surface area contributed by atoms with Gasteiger partial charge in [-0.15, -0.1) is 0 Å². The molecule has 1 aromatic carbocycles. The van der Waals surface area contributed by atoms with Gasteiger partial charge < -0.3 is 0 Å². The fourth-order valence-corrected chi connectivity index (χ4v) is 2.99. The second-order valence-electron chi connectivity index (χ2n) is 4.40. The summed E-state index contributed by atoms with van der Waals surface area (Å²) in [4.78, 5) is 0.325. The lowest BCUT2D eigenvalue weighted by Gasteiger charge is -2.10. The highest BCUT2D eigenvalue weighted by Gasteiger charge is 2.15. The summed E-state index contributed by atoms with van der Waals surface area (Å²) in [6, 6.07) is 10.5. The van der Waals surface area contributed by atoms with Crippen LogP contribution in [0.5, 0.6) is 0 Å². The molecule has 0 aliphatic carbocycles. The van der Waals surface area contributed by atoms with Crippen molar-refractivity contribution in [2.45, 2.75) is 31.1 Å². The van der Waals surface area contributed by atoms with Gasteiger partial charge in [-0.2, -0.15) is 0 Å². The number of rotatable bonds is 4. The second kappa shape index (κ2) is 4.98. The van der Waals surface area contributed by atoms with Gasteiger partial charge in [-0.05, 0) is 42.2 Å². The maximum absolute atomic E-state index is 12.2. The molecule has 2 aromatic rings. The molecule has 2 rings (SSSR count). The lowest BCUT2D eigenvalue weighted by molar-refractivity contribution is 0.587. The molecule has 0 N–H and O–H groups in total. The first-order chi connectivity index (χ1) is 8.55. The first-order valence-corrected chi connectivity index (χ1v) is 7.48. The molecule has 0 saturated heterocycles. The molecule has 0 spiro atoms. The molecule has 0 aliphatic rings. The Kier molecular flexibility index (Phi) is 3.57. The molecule has 3 nitrogen and oxygen atoms in total. The summed E-state index contributed by atoms with van der Waals surface area (Å²) < 4.78 is 25.6. The Morgan fingerprint density at radius 3 is 2.17 bits per heavy atom. The lowest BCUT2D eigenvalue weighted by Crippen LogP contribution is -2.10. The van der Waals surface area contributed by atoms with Gasteiger partial charge in [-0.1, -0.05) is 26.0 Å². The maximum atomic E-state index is 12.2. The quantitative estimate of drug-likeness (QED) is 0.849. The average molecular weight is 263 g/mol. The third-order valence-electron chi connectivity index (χ3n) is 3.21. The fourth-order valence-electron chi connectivity index (χ4n) is 1.80. The highest BCUT2D eigenvalue weighted by molar-refractivity contribution is 7.90. The Hall–Kier alpha value is -1.55. The van der Waals surface area contributed by atoms with Crippen LogP contribution in [-0.4, -0.2) is 12.4 Å². The van der Waals surface area contributed by atoms with Crippen molar-refractivity contribution in [2.24, 2.45) is 0 Å². The summed E-state index contributed by atoms with van der Waals surface area (Å²) in [5, 5.41) is 0. The summed E-state index contributed by atoms with van der Waals surface area (Å²) in [5.41, 5.74) is 1.17. The highest BCUT2D eigenvalue weighted by Crippen LogP contribution is 2.21. The largest absolute Gasteiger partial charge is 0.267 e. The van der Waals surface area contributed by atoms with Gasteiger partial charge in [0.25, 0.3) is 10.0 Å². The van der Waals surface area contributed by atoms with Crippen molar-refractivity contribution in [3.05, 3.63) is 54.4 Å². The van der Waals surface area contributed by atoms with Gasteiger partial charge in [0.1, 0.15) is 0 Å². The van der Waals surface area contributed by atoms with Gasteiger partial charge in [0.2, 0.25) is 0 Å². The molecule has 0 saturated carbocycles. The molecule has 1 aromatic heterocycles. The monoisotopic (exact) mass is 263 g/mol. The molecule has 0 radical (unpaired) electrons. The molecule has 1 atom stereocenters. The van der Waals surface area contributed by atoms with Gasteiger partial charge in [0.05, 0.1) is 4.90 Å². The van der Waals surface area contributed by atoms with Crippen molar-refractivity contribution in [3.8, 4) is 0 Å². The maximum Gasteiger partial charge on any atom is 0.267 e. The number of hydrogen-bond acceptors (Lipinski definition) is 2. The second-order valence-corrected chi connectivity index (χ2v) is 6.24. The van der Waals surface area contributed by atoms with Gasteiger partial charge in [0, 0.05) is 12.4 Å². The number of aromatic nitrogens is 1. The van der Waals surface area contributed by atoms with Crippen LogP contribution in [0.2, 0.25) is 0 Å². The third kappa shape index (κ3) is 2.34. The van der Waals surface area contributed by atoms with E-state index in [-0.39, 0.29) is 0 Å². The molecular formula is C14H17NO2S. The molecule has 0 amide bonds. The Bertz CT molecular complexity index is 598. The van der Waals surface area contributed by atoms with Gasteiger partial charge >= 0.3 is 0 Å². The van der Waals surface area contributed by atoms with Crippen LogP contribution < -0.4 is 0 Å². The summed E-state index contributed by atoms with van der Waals surface area (Å²) in [6.07, 6.45) is 4.12. The van der Waals surface area contributed by atoms with E-state index in [0.717, 1.165) is 6.42 Å². The van der Waals surface area contributed by atoms with Crippen molar-refractivity contribution in [1.82, 2.24) is 3.97 Å². The molecule has 0 aliphatic heterocycles. The van der Waals surface area contributed by atoms with Crippen LogP contribution in [0, 0.1) is 0 Å². The smallest absolute Gasteiger partial charge is 0.249 e. The fraction of sp³-hybridized carbons (Fsp3) is 0.286. The van der Waals surface area contributed by atoms with Crippen LogP contribution in [0.4, 0.5) is 0 Å². The Morgan fingerprint density at radius 2 is 1.67 bits per heavy atom. The molecular weight excluding hydrogens is 246 g/mol. The molecule has 1 unspecified atom stereocenters. The Labute approximate surface area is 108 Å². The average Bonchev–Trinajstić information content (AvgIpc) is 2.92. The van der Waals surface area contributed by atoms with E-state index in [1.807, 2.05) is 12.1 Å². The summed E-state index contributed by atoms with van der Waals surface area (Å²) in [7, 11) is -3.43. The van der Waals surface area contributed by atoms with Crippen LogP contribution in [0.3, 0.4) is 0 Å². The van der Waals surface area contributed by atoms with Crippen molar-refractivity contribution in [2.75, 3.05) is 0 Å². The van der Waals surface area contributed by atoms with Gasteiger partial charge in [-0.25, -0.2) is 12.4 Å². The predicted octanol–water partition coefficient (Wildman–Crippen LogP) is 3.24. The van der Waals surface area contributed by atoms with E-state index < -0.39 is 10.0 Å². The number of nitrogens with zero attached hydrogens (tertiary/aromatic N) is 1. The predicted molar refractivity (Wildman–Crippen MR) is 72.2 cm³/mol. The van der Waals surface area contributed by atoms with Crippen LogP contribution in [0.15, 0.2) is 53.7 Å². The SMILES string of the molecule is CCC(C)c1ccc(S(=O)(=O)n2cccc2)cc1. The van der Waals surface area contributed by atoms with Crippen LogP contribution in [-0.2, 0) is 10.0 Å². The first-order valence-electron chi connectivity index (χ1n) is 6.04. The van der Waals surface area contributed by atoms with Gasteiger partial charge in [0.15, 0.2) is 0 Å². The van der Waals surface area contributed by atoms with Crippen LogP contribution in [0.25, 0.3) is 0 Å². The molecule has 96 valence electrons. The van der Waals surface area contributed by atoms with Gasteiger partial charge in [-0.3, -0.25) is 0 Å².